The van der Waals surface area contributed by atoms with Crippen LogP contribution in [0.4, 0.5) is 4.79 Å². The van der Waals surface area contributed by atoms with E-state index in [4.69, 9.17) is 15.6 Å². The number of hydrogen-bond acceptors (Lipinski definition) is 4. The van der Waals surface area contributed by atoms with Crippen molar-refractivity contribution in [3.05, 3.63) is 0 Å². The van der Waals surface area contributed by atoms with Crippen molar-refractivity contribution in [1.29, 1.82) is 0 Å². The summed E-state index contributed by atoms with van der Waals surface area (Å²) in [5.41, 5.74) is 4.32. The highest BCUT2D eigenvalue weighted by Crippen LogP contribution is 2.35. The molecule has 116 valence electrons. The van der Waals surface area contributed by atoms with Crippen molar-refractivity contribution in [2.45, 2.75) is 70.6 Å². The Morgan fingerprint density at radius 2 is 1.90 bits per heavy atom. The van der Waals surface area contributed by atoms with Gasteiger partial charge in [-0.3, -0.25) is 4.79 Å². The number of likely N-dealkylation sites (tertiary alicyclic amines) is 1. The summed E-state index contributed by atoms with van der Waals surface area (Å²) in [6, 6.07) is 0. The van der Waals surface area contributed by atoms with Crippen LogP contribution in [0.2, 0.25) is 0 Å². The Balaban J connectivity index is 2.80. The van der Waals surface area contributed by atoms with Gasteiger partial charge in [-0.25, -0.2) is 4.79 Å². The number of hydrogen-bond donors (Lipinski definition) is 2. The summed E-state index contributed by atoms with van der Waals surface area (Å²) in [4.78, 5) is 24.8. The Labute approximate surface area is 120 Å². The number of nitrogens with zero attached hydrogens (tertiary/aromatic N) is 1. The number of carboxylic acid groups (broad SMARTS) is 1. The van der Waals surface area contributed by atoms with E-state index in [0.717, 1.165) is 0 Å². The molecule has 1 aliphatic rings. The van der Waals surface area contributed by atoms with Crippen LogP contribution in [0.5, 0.6) is 0 Å². The fourth-order valence-corrected chi connectivity index (χ4v) is 2.79. The maximum Gasteiger partial charge on any atom is 0.410 e. The molecule has 0 bridgehead atoms. The van der Waals surface area contributed by atoms with E-state index < -0.39 is 22.6 Å². The molecule has 6 nitrogen and oxygen atoms in total. The van der Waals surface area contributed by atoms with Gasteiger partial charge in [-0.1, -0.05) is 0 Å². The predicted molar refractivity (Wildman–Crippen MR) is 75.4 cm³/mol. The summed E-state index contributed by atoms with van der Waals surface area (Å²) in [7, 11) is 0. The Kier molecular flexibility index (Phi) is 4.39. The maximum atomic E-state index is 12.2. The number of ether oxygens (including phenoxy) is 1. The van der Waals surface area contributed by atoms with Crippen LogP contribution >= 0.6 is 0 Å². The second-order valence-electron chi connectivity index (χ2n) is 7.30. The van der Waals surface area contributed by atoms with Gasteiger partial charge in [0.2, 0.25) is 0 Å². The van der Waals surface area contributed by atoms with Crippen molar-refractivity contribution >= 4 is 12.1 Å². The molecule has 1 rings (SSSR count). The van der Waals surface area contributed by atoms with E-state index >= 15 is 0 Å². The zero-order valence-electron chi connectivity index (χ0n) is 13.0. The smallest absolute Gasteiger partial charge is 0.410 e. The van der Waals surface area contributed by atoms with E-state index in [1.165, 1.54) is 0 Å². The fraction of sp³-hybridized carbons (Fsp3) is 0.857. The topological polar surface area (TPSA) is 92.9 Å². The van der Waals surface area contributed by atoms with Gasteiger partial charge in [0.25, 0.3) is 0 Å². The van der Waals surface area contributed by atoms with Crippen LogP contribution in [0, 0.1) is 0 Å². The Bertz CT molecular complexity index is 400. The number of piperidine rings is 1. The van der Waals surface area contributed by atoms with Crippen LogP contribution in [0.3, 0.4) is 0 Å². The average molecular weight is 286 g/mol. The van der Waals surface area contributed by atoms with Gasteiger partial charge < -0.3 is 20.5 Å². The van der Waals surface area contributed by atoms with E-state index in [0.29, 0.717) is 19.4 Å². The van der Waals surface area contributed by atoms with E-state index in [1.807, 2.05) is 34.6 Å². The van der Waals surface area contributed by atoms with Crippen LogP contribution < -0.4 is 5.73 Å². The first-order valence-corrected chi connectivity index (χ1v) is 6.86. The zero-order valence-corrected chi connectivity index (χ0v) is 13.0. The molecule has 0 spiro atoms. The largest absolute Gasteiger partial charge is 0.481 e. The number of carbonyl (C=O) groups excluding carboxylic acids is 1. The first-order chi connectivity index (χ1) is 8.85. The van der Waals surface area contributed by atoms with Gasteiger partial charge in [0, 0.05) is 17.6 Å². The van der Waals surface area contributed by atoms with Crippen LogP contribution in [0.25, 0.3) is 0 Å². The molecule has 6 heteroatoms. The standard InChI is InChI=1S/C14H26N2O4/c1-12(2,3)20-11(19)16-7-6-14(15,8-10(17)18)9-13(16,4)5/h6-9,15H2,1-5H3,(H,17,18). The van der Waals surface area contributed by atoms with Crippen LogP contribution in [-0.4, -0.2) is 45.3 Å². The fourth-order valence-electron chi connectivity index (χ4n) is 2.79. The summed E-state index contributed by atoms with van der Waals surface area (Å²) < 4.78 is 5.39. The molecular formula is C14H26N2O4. The molecule has 1 saturated heterocycles. The van der Waals surface area contributed by atoms with Crippen molar-refractivity contribution < 1.29 is 19.4 Å². The van der Waals surface area contributed by atoms with Crippen molar-refractivity contribution in [2.24, 2.45) is 5.73 Å². The molecule has 0 aromatic carbocycles. The van der Waals surface area contributed by atoms with Crippen LogP contribution in [0.1, 0.15) is 53.9 Å². The number of aliphatic carboxylic acids is 1. The Hall–Kier alpha value is -1.30. The average Bonchev–Trinajstić information content (AvgIpc) is 2.09. The maximum absolute atomic E-state index is 12.2. The lowest BCUT2D eigenvalue weighted by molar-refractivity contribution is -0.139. The van der Waals surface area contributed by atoms with Crippen molar-refractivity contribution in [3.8, 4) is 0 Å². The molecular weight excluding hydrogens is 260 g/mol. The van der Waals surface area contributed by atoms with Gasteiger partial charge in [-0.2, -0.15) is 0 Å². The van der Waals surface area contributed by atoms with Crippen LogP contribution in [-0.2, 0) is 9.53 Å². The molecule has 0 aromatic heterocycles. The lowest BCUT2D eigenvalue weighted by atomic mass is 9.76. The monoisotopic (exact) mass is 286 g/mol. The Morgan fingerprint density at radius 1 is 1.35 bits per heavy atom. The minimum Gasteiger partial charge on any atom is -0.481 e. The molecule has 3 N–H and O–H groups in total. The second-order valence-corrected chi connectivity index (χ2v) is 7.30. The van der Waals surface area contributed by atoms with Gasteiger partial charge in [-0.15, -0.1) is 0 Å². The molecule has 1 heterocycles. The number of rotatable bonds is 2. The summed E-state index contributed by atoms with van der Waals surface area (Å²) in [5, 5.41) is 8.94. The molecule has 1 unspecified atom stereocenters. The molecule has 1 atom stereocenters. The lowest BCUT2D eigenvalue weighted by Crippen LogP contribution is -2.62. The summed E-state index contributed by atoms with van der Waals surface area (Å²) >= 11 is 0. The first kappa shape index (κ1) is 16.8. The molecule has 0 aliphatic carbocycles. The number of carbonyl (C=O) groups is 2. The molecule has 1 aliphatic heterocycles. The van der Waals surface area contributed by atoms with Gasteiger partial charge in [0.1, 0.15) is 5.60 Å². The van der Waals surface area contributed by atoms with Gasteiger partial charge in [-0.05, 0) is 47.5 Å². The van der Waals surface area contributed by atoms with Crippen molar-refractivity contribution in [1.82, 2.24) is 4.90 Å². The molecule has 0 radical (unpaired) electrons. The molecule has 1 amide bonds. The second kappa shape index (κ2) is 5.24. The molecule has 1 fully saturated rings. The zero-order chi connectivity index (χ0) is 15.8. The van der Waals surface area contributed by atoms with E-state index in [9.17, 15) is 9.59 Å². The van der Waals surface area contributed by atoms with E-state index in [2.05, 4.69) is 0 Å². The van der Waals surface area contributed by atoms with Gasteiger partial charge in [0.15, 0.2) is 0 Å². The van der Waals surface area contributed by atoms with Crippen LogP contribution in [0.15, 0.2) is 0 Å². The lowest BCUT2D eigenvalue weighted by Gasteiger charge is -2.49. The number of carboxylic acids is 1. The quantitative estimate of drug-likeness (QED) is 0.809. The predicted octanol–water partition coefficient (Wildman–Crippen LogP) is 1.97. The first-order valence-electron chi connectivity index (χ1n) is 6.86. The SMILES string of the molecule is CC(C)(C)OC(=O)N1CCC(N)(CC(=O)O)CC1(C)C. The summed E-state index contributed by atoms with van der Waals surface area (Å²) in [5.74, 6) is -0.908. The minimum atomic E-state index is -0.908. The molecule has 0 aromatic rings. The third-order valence-electron chi connectivity index (χ3n) is 3.47. The highest BCUT2D eigenvalue weighted by Gasteiger charge is 2.45. The third kappa shape index (κ3) is 4.37. The minimum absolute atomic E-state index is 0.0847. The molecule has 0 saturated carbocycles. The van der Waals surface area contributed by atoms with E-state index in [-0.39, 0.29) is 12.5 Å². The van der Waals surface area contributed by atoms with Gasteiger partial charge in [0.05, 0.1) is 6.42 Å². The van der Waals surface area contributed by atoms with Crippen molar-refractivity contribution in [2.75, 3.05) is 6.54 Å². The number of nitrogens with two attached hydrogens (primary N) is 1. The normalized spacial score (nSPS) is 26.2. The highest BCUT2D eigenvalue weighted by atomic mass is 16.6. The third-order valence-corrected chi connectivity index (χ3v) is 3.47. The van der Waals surface area contributed by atoms with E-state index in [1.54, 1.807) is 4.90 Å². The molecule has 20 heavy (non-hydrogen) atoms. The Morgan fingerprint density at radius 3 is 2.30 bits per heavy atom. The summed E-state index contributed by atoms with van der Waals surface area (Å²) in [6.45, 7) is 9.64. The van der Waals surface area contributed by atoms with Gasteiger partial charge >= 0.3 is 12.1 Å². The number of amides is 1. The van der Waals surface area contributed by atoms with Crippen molar-refractivity contribution in [3.63, 3.8) is 0 Å². The highest BCUT2D eigenvalue weighted by molar-refractivity contribution is 5.70. The summed E-state index contributed by atoms with van der Waals surface area (Å²) in [6.07, 6.45) is 0.436.